The fourth-order valence-corrected chi connectivity index (χ4v) is 3.30. The highest BCUT2D eigenvalue weighted by Crippen LogP contribution is 2.26. The normalized spacial score (nSPS) is 10.5. The smallest absolute Gasteiger partial charge is 0.167 e. The minimum Gasteiger partial charge on any atom is -0.496 e. The van der Waals surface area contributed by atoms with Gasteiger partial charge in [0.1, 0.15) is 5.75 Å². The van der Waals surface area contributed by atoms with E-state index in [4.69, 9.17) is 4.74 Å². The highest BCUT2D eigenvalue weighted by molar-refractivity contribution is 9.10. The molecule has 0 saturated carbocycles. The van der Waals surface area contributed by atoms with Gasteiger partial charge in [-0.1, -0.05) is 23.8 Å². The number of ether oxygens (including phenoxy) is 1. The summed E-state index contributed by atoms with van der Waals surface area (Å²) >= 11 is 3.46. The third kappa shape index (κ3) is 3.53. The average molecular weight is 347 g/mol. The number of carbonyl (C=O) groups is 1. The predicted octanol–water partition coefficient (Wildman–Crippen LogP) is 4.81. The third-order valence-corrected chi connectivity index (χ3v) is 4.16. The molecule has 0 fully saturated rings. The van der Waals surface area contributed by atoms with Gasteiger partial charge in [0.25, 0.3) is 0 Å². The third-order valence-electron chi connectivity index (χ3n) is 3.54. The Hall–Kier alpha value is -1.61. The zero-order chi connectivity index (χ0) is 15.6. The molecule has 0 aliphatic rings. The Kier molecular flexibility index (Phi) is 4.84. The van der Waals surface area contributed by atoms with Crippen molar-refractivity contribution in [3.05, 3.63) is 62.6 Å². The predicted molar refractivity (Wildman–Crippen MR) is 89.4 cm³/mol. The molecule has 3 heteroatoms. The molecule has 2 nitrogen and oxygen atoms in total. The molecule has 2 aromatic rings. The van der Waals surface area contributed by atoms with Gasteiger partial charge in [0.2, 0.25) is 0 Å². The van der Waals surface area contributed by atoms with Crippen LogP contribution >= 0.6 is 15.9 Å². The molecule has 110 valence electrons. The van der Waals surface area contributed by atoms with E-state index < -0.39 is 0 Å². The Bertz CT molecular complexity index is 667. The van der Waals surface area contributed by atoms with Gasteiger partial charge in [-0.25, -0.2) is 0 Å². The fraction of sp³-hybridized carbons (Fsp3) is 0.278. The largest absolute Gasteiger partial charge is 0.496 e. The first kappa shape index (κ1) is 15.8. The molecule has 0 atom stereocenters. The summed E-state index contributed by atoms with van der Waals surface area (Å²) in [6.07, 6.45) is 0.396. The number of methoxy groups -OCH3 is 1. The van der Waals surface area contributed by atoms with Gasteiger partial charge in [-0.2, -0.15) is 0 Å². The lowest BCUT2D eigenvalue weighted by Gasteiger charge is -2.11. The summed E-state index contributed by atoms with van der Waals surface area (Å²) in [6, 6.07) is 9.87. The Morgan fingerprint density at radius 3 is 2.24 bits per heavy atom. The highest BCUT2D eigenvalue weighted by Gasteiger charge is 2.14. The Morgan fingerprint density at radius 1 is 1.10 bits per heavy atom. The van der Waals surface area contributed by atoms with Gasteiger partial charge >= 0.3 is 0 Å². The number of rotatable bonds is 4. The van der Waals surface area contributed by atoms with Gasteiger partial charge in [0.05, 0.1) is 11.6 Å². The van der Waals surface area contributed by atoms with Crippen molar-refractivity contribution in [3.8, 4) is 5.75 Å². The zero-order valence-corrected chi connectivity index (χ0v) is 14.4. The van der Waals surface area contributed by atoms with Crippen molar-refractivity contribution in [2.24, 2.45) is 0 Å². The van der Waals surface area contributed by atoms with Crippen LogP contribution in [0.5, 0.6) is 5.75 Å². The zero-order valence-electron chi connectivity index (χ0n) is 12.8. The molecule has 2 rings (SSSR count). The van der Waals surface area contributed by atoms with Crippen molar-refractivity contribution < 1.29 is 9.53 Å². The summed E-state index contributed by atoms with van der Waals surface area (Å²) in [5.74, 6) is 0.927. The van der Waals surface area contributed by atoms with E-state index in [0.29, 0.717) is 6.42 Å². The first-order valence-electron chi connectivity index (χ1n) is 6.86. The van der Waals surface area contributed by atoms with E-state index in [-0.39, 0.29) is 5.78 Å². The maximum absolute atomic E-state index is 12.6. The lowest BCUT2D eigenvalue weighted by molar-refractivity contribution is 0.0992. The Labute approximate surface area is 134 Å². The van der Waals surface area contributed by atoms with E-state index in [1.165, 1.54) is 5.56 Å². The van der Waals surface area contributed by atoms with E-state index in [1.807, 2.05) is 32.0 Å². The van der Waals surface area contributed by atoms with Crippen LogP contribution in [0.15, 0.2) is 34.8 Å². The number of hydrogen-bond acceptors (Lipinski definition) is 2. The number of carbonyl (C=O) groups excluding carboxylic acids is 1. The molecule has 0 heterocycles. The molecule has 0 spiro atoms. The highest BCUT2D eigenvalue weighted by atomic mass is 79.9. The van der Waals surface area contributed by atoms with Crippen LogP contribution in [0.1, 0.15) is 32.6 Å². The number of hydrogen-bond donors (Lipinski definition) is 0. The summed E-state index contributed by atoms with van der Waals surface area (Å²) in [6.45, 7) is 6.04. The molecule has 21 heavy (non-hydrogen) atoms. The summed E-state index contributed by atoms with van der Waals surface area (Å²) in [5, 5.41) is 0. The van der Waals surface area contributed by atoms with Crippen LogP contribution in [-0.4, -0.2) is 12.9 Å². The average Bonchev–Trinajstić information content (AvgIpc) is 2.37. The summed E-state index contributed by atoms with van der Waals surface area (Å²) in [4.78, 5) is 12.6. The van der Waals surface area contributed by atoms with Gasteiger partial charge in [-0.05, 0) is 65.5 Å². The minimum absolute atomic E-state index is 0.155. The molecule has 0 unspecified atom stereocenters. The minimum atomic E-state index is 0.155. The fourth-order valence-electron chi connectivity index (χ4n) is 2.71. The van der Waals surface area contributed by atoms with Gasteiger partial charge in [0.15, 0.2) is 5.78 Å². The van der Waals surface area contributed by atoms with Gasteiger partial charge in [0, 0.05) is 12.0 Å². The lowest BCUT2D eigenvalue weighted by Crippen LogP contribution is -2.08. The van der Waals surface area contributed by atoms with Crippen LogP contribution in [0.4, 0.5) is 0 Å². The molecule has 0 saturated heterocycles. The lowest BCUT2D eigenvalue weighted by atomic mass is 9.93. The van der Waals surface area contributed by atoms with Crippen molar-refractivity contribution in [3.63, 3.8) is 0 Å². The quantitative estimate of drug-likeness (QED) is 0.742. The van der Waals surface area contributed by atoms with Crippen LogP contribution in [0, 0.1) is 20.8 Å². The van der Waals surface area contributed by atoms with E-state index >= 15 is 0 Å². The topological polar surface area (TPSA) is 26.3 Å². The molecule has 0 aliphatic carbocycles. The van der Waals surface area contributed by atoms with E-state index in [2.05, 4.69) is 35.0 Å². The van der Waals surface area contributed by atoms with Crippen LogP contribution in [0.3, 0.4) is 0 Å². The van der Waals surface area contributed by atoms with E-state index in [0.717, 1.165) is 32.5 Å². The summed E-state index contributed by atoms with van der Waals surface area (Å²) in [7, 11) is 1.63. The molecule has 0 radical (unpaired) electrons. The molecule has 2 aromatic carbocycles. The molecular weight excluding hydrogens is 328 g/mol. The monoisotopic (exact) mass is 346 g/mol. The second-order valence-electron chi connectivity index (χ2n) is 5.34. The van der Waals surface area contributed by atoms with Crippen molar-refractivity contribution in [1.82, 2.24) is 0 Å². The van der Waals surface area contributed by atoms with Crippen molar-refractivity contribution in [2.45, 2.75) is 27.2 Å². The van der Waals surface area contributed by atoms with Gasteiger partial charge < -0.3 is 4.74 Å². The van der Waals surface area contributed by atoms with E-state index in [9.17, 15) is 4.79 Å². The van der Waals surface area contributed by atoms with Crippen molar-refractivity contribution in [1.29, 1.82) is 0 Å². The standard InChI is InChI=1S/C18H19BrO2/c1-11-7-12(2)18(13(3)8-11)16(20)10-14-5-6-17(21-4)15(19)9-14/h5-9H,10H2,1-4H3. The molecule has 0 amide bonds. The van der Waals surface area contributed by atoms with Crippen molar-refractivity contribution >= 4 is 21.7 Å². The number of ketones is 1. The molecule has 0 N–H and O–H groups in total. The summed E-state index contributed by atoms with van der Waals surface area (Å²) < 4.78 is 6.08. The Balaban J connectivity index is 2.28. The SMILES string of the molecule is COc1ccc(CC(=O)c2c(C)cc(C)cc2C)cc1Br. The maximum atomic E-state index is 12.6. The molecule has 0 bridgehead atoms. The first-order chi connectivity index (χ1) is 9.92. The van der Waals surface area contributed by atoms with E-state index in [1.54, 1.807) is 7.11 Å². The second-order valence-corrected chi connectivity index (χ2v) is 6.20. The Morgan fingerprint density at radius 2 is 1.71 bits per heavy atom. The maximum Gasteiger partial charge on any atom is 0.167 e. The second kappa shape index (κ2) is 6.44. The number of Topliss-reactive ketones (excluding diaryl/α,β-unsaturated/α-hetero) is 1. The van der Waals surface area contributed by atoms with Crippen LogP contribution < -0.4 is 4.74 Å². The van der Waals surface area contributed by atoms with Crippen LogP contribution in [-0.2, 0) is 6.42 Å². The number of benzene rings is 2. The molecular formula is C18H19BrO2. The molecule has 0 aromatic heterocycles. The number of aryl methyl sites for hydroxylation is 3. The first-order valence-corrected chi connectivity index (χ1v) is 7.65. The number of halogens is 1. The molecule has 0 aliphatic heterocycles. The summed E-state index contributed by atoms with van der Waals surface area (Å²) in [5.41, 5.74) is 5.10. The van der Waals surface area contributed by atoms with Crippen LogP contribution in [0.2, 0.25) is 0 Å². The van der Waals surface area contributed by atoms with Gasteiger partial charge in [-0.15, -0.1) is 0 Å². The van der Waals surface area contributed by atoms with Gasteiger partial charge in [-0.3, -0.25) is 4.79 Å². The van der Waals surface area contributed by atoms with Crippen molar-refractivity contribution in [2.75, 3.05) is 7.11 Å². The van der Waals surface area contributed by atoms with Crippen LogP contribution in [0.25, 0.3) is 0 Å².